The third-order valence-corrected chi connectivity index (χ3v) is 12.3. The Labute approximate surface area is 221 Å². The van der Waals surface area contributed by atoms with Gasteiger partial charge in [0.1, 0.15) is 11.5 Å². The third-order valence-electron chi connectivity index (χ3n) is 12.3. The number of phenols is 1. The van der Waals surface area contributed by atoms with Crippen molar-refractivity contribution in [1.29, 1.82) is 0 Å². The molecule has 0 aromatic heterocycles. The van der Waals surface area contributed by atoms with E-state index in [4.69, 9.17) is 0 Å². The summed E-state index contributed by atoms with van der Waals surface area (Å²) in [5, 5.41) is 9.72. The molecule has 0 aliphatic heterocycles. The maximum Gasteiger partial charge on any atom is 0.136 e. The number of benzene rings is 1. The maximum atomic E-state index is 13.3. The Hall–Kier alpha value is -1.31. The fourth-order valence-corrected chi connectivity index (χ4v) is 10.5. The average Bonchev–Trinajstić information content (AvgIpc) is 3.19. The lowest BCUT2D eigenvalue weighted by Gasteiger charge is -2.62. The van der Waals surface area contributed by atoms with Gasteiger partial charge in [0.2, 0.25) is 0 Å². The van der Waals surface area contributed by atoms with Crippen molar-refractivity contribution in [3.05, 3.63) is 29.8 Å². The quantitative estimate of drug-likeness (QED) is 0.413. The van der Waals surface area contributed by atoms with E-state index in [0.717, 1.165) is 54.8 Å². The van der Waals surface area contributed by atoms with Crippen LogP contribution < -0.4 is 0 Å². The van der Waals surface area contributed by atoms with E-state index < -0.39 is 0 Å². The highest BCUT2D eigenvalue weighted by Crippen LogP contribution is 2.68. The summed E-state index contributed by atoms with van der Waals surface area (Å²) in [7, 11) is 0. The second kappa shape index (κ2) is 10.1. The van der Waals surface area contributed by atoms with Crippen LogP contribution in [0.2, 0.25) is 0 Å². The molecule has 0 radical (unpaired) electrons. The fraction of sp³-hybridized carbons (Fsp3) is 0.794. The molecule has 1 aromatic rings. The molecule has 0 amide bonds. The summed E-state index contributed by atoms with van der Waals surface area (Å²) >= 11 is 0. The standard InChI is InChI=1S/C34H52O2/c1-22(2)7-6-8-23(3)28-15-16-29-26-13-14-30-27(21-24-9-11-25(35)12-10-24)32(36)18-20-34(30,5)31(26)17-19-33(28,29)4/h9-12,22-23,26-31,35H,6-8,13-21H2,1-5H3/t23-,26+,27?,28-,29+,30?,31+,33-,34+/m1/s1. The number of rotatable bonds is 7. The molecule has 2 unspecified atom stereocenters. The molecule has 4 saturated carbocycles. The minimum Gasteiger partial charge on any atom is -0.508 e. The zero-order valence-corrected chi connectivity index (χ0v) is 23.8. The van der Waals surface area contributed by atoms with Crippen LogP contribution in [0.25, 0.3) is 0 Å². The molecular formula is C34H52O2. The predicted molar refractivity (Wildman–Crippen MR) is 149 cm³/mol. The van der Waals surface area contributed by atoms with E-state index in [2.05, 4.69) is 34.6 Å². The Morgan fingerprint density at radius 3 is 2.28 bits per heavy atom. The molecule has 0 heterocycles. The fourth-order valence-electron chi connectivity index (χ4n) is 10.5. The molecule has 200 valence electrons. The molecule has 1 N–H and O–H groups in total. The summed E-state index contributed by atoms with van der Waals surface area (Å²) in [6.45, 7) is 12.6. The molecule has 1 aromatic carbocycles. The van der Waals surface area contributed by atoms with Crippen molar-refractivity contribution in [3.8, 4) is 5.75 Å². The number of hydrogen-bond donors (Lipinski definition) is 1. The lowest BCUT2D eigenvalue weighted by Crippen LogP contribution is -2.56. The van der Waals surface area contributed by atoms with Crippen LogP contribution in [-0.2, 0) is 11.2 Å². The van der Waals surface area contributed by atoms with Crippen molar-refractivity contribution in [1.82, 2.24) is 0 Å². The number of phenolic OH excluding ortho intramolecular Hbond substituents is 1. The first-order chi connectivity index (χ1) is 17.1. The summed E-state index contributed by atoms with van der Waals surface area (Å²) in [5.74, 6) is 6.70. The van der Waals surface area contributed by atoms with Crippen LogP contribution in [0.5, 0.6) is 5.75 Å². The van der Waals surface area contributed by atoms with Gasteiger partial charge >= 0.3 is 0 Å². The van der Waals surface area contributed by atoms with Crippen LogP contribution in [0.3, 0.4) is 0 Å². The molecule has 0 spiro atoms. The van der Waals surface area contributed by atoms with E-state index >= 15 is 0 Å². The van der Waals surface area contributed by atoms with Gasteiger partial charge in [0, 0.05) is 12.3 Å². The molecule has 5 rings (SSSR count). The maximum absolute atomic E-state index is 13.3. The van der Waals surface area contributed by atoms with E-state index in [0.29, 0.717) is 28.3 Å². The molecule has 4 aliphatic rings. The number of carbonyl (C=O) groups excluding carboxylic acids is 1. The van der Waals surface area contributed by atoms with Crippen LogP contribution in [-0.4, -0.2) is 10.9 Å². The Kier molecular flexibility index (Phi) is 7.38. The smallest absolute Gasteiger partial charge is 0.136 e. The Bertz CT molecular complexity index is 918. The van der Waals surface area contributed by atoms with E-state index in [1.165, 1.54) is 63.4 Å². The summed E-state index contributed by atoms with van der Waals surface area (Å²) < 4.78 is 0. The molecule has 2 heteroatoms. The normalized spacial score (nSPS) is 41.0. The van der Waals surface area contributed by atoms with Gasteiger partial charge in [-0.2, -0.15) is 0 Å². The summed E-state index contributed by atoms with van der Waals surface area (Å²) in [4.78, 5) is 13.3. The molecule has 0 bridgehead atoms. The Balaban J connectivity index is 1.31. The zero-order chi connectivity index (χ0) is 25.7. The number of hydrogen-bond acceptors (Lipinski definition) is 2. The van der Waals surface area contributed by atoms with Crippen molar-refractivity contribution in [2.24, 2.45) is 58.2 Å². The van der Waals surface area contributed by atoms with Gasteiger partial charge in [-0.3, -0.25) is 4.79 Å². The average molecular weight is 493 g/mol. The van der Waals surface area contributed by atoms with Gasteiger partial charge in [-0.05, 0) is 121 Å². The van der Waals surface area contributed by atoms with E-state index in [1.54, 1.807) is 12.1 Å². The van der Waals surface area contributed by atoms with Crippen LogP contribution in [0.15, 0.2) is 24.3 Å². The largest absolute Gasteiger partial charge is 0.508 e. The molecule has 2 nitrogen and oxygen atoms in total. The van der Waals surface area contributed by atoms with Gasteiger partial charge in [-0.25, -0.2) is 0 Å². The molecule has 0 saturated heterocycles. The summed E-state index contributed by atoms with van der Waals surface area (Å²) in [6.07, 6.45) is 15.2. The first-order valence-corrected chi connectivity index (χ1v) is 15.4. The van der Waals surface area contributed by atoms with Gasteiger partial charge in [0.25, 0.3) is 0 Å². The number of fused-ring (bicyclic) bond motifs is 5. The lowest BCUT2D eigenvalue weighted by molar-refractivity contribution is -0.152. The van der Waals surface area contributed by atoms with E-state index in [1.807, 2.05) is 12.1 Å². The van der Waals surface area contributed by atoms with Crippen molar-refractivity contribution >= 4 is 5.78 Å². The predicted octanol–water partition coefficient (Wildman–Crippen LogP) is 8.85. The molecule has 4 aliphatic carbocycles. The first kappa shape index (κ1) is 26.3. The minimum absolute atomic E-state index is 0.167. The molecule has 36 heavy (non-hydrogen) atoms. The number of Topliss-reactive ketones (excluding diaryl/α,β-unsaturated/α-hetero) is 1. The van der Waals surface area contributed by atoms with Gasteiger partial charge < -0.3 is 5.11 Å². The topological polar surface area (TPSA) is 37.3 Å². The Morgan fingerprint density at radius 2 is 1.56 bits per heavy atom. The SMILES string of the molecule is CC(C)CCC[C@@H](C)[C@H]1CC[C@H]2[C@@H]3CCC4C(Cc5ccc(O)cc5)C(=O)CC[C@]4(C)[C@H]3CC[C@]12C. The van der Waals surface area contributed by atoms with Crippen molar-refractivity contribution in [3.63, 3.8) is 0 Å². The number of ketones is 1. The highest BCUT2D eigenvalue weighted by atomic mass is 16.3. The van der Waals surface area contributed by atoms with Gasteiger partial charge in [-0.15, -0.1) is 0 Å². The second-order valence-corrected chi connectivity index (χ2v) is 14.5. The van der Waals surface area contributed by atoms with Crippen LogP contribution in [0, 0.1) is 58.2 Å². The van der Waals surface area contributed by atoms with Gasteiger partial charge in [-0.1, -0.05) is 66.0 Å². The summed E-state index contributed by atoms with van der Waals surface area (Å²) in [6, 6.07) is 7.60. The van der Waals surface area contributed by atoms with E-state index in [-0.39, 0.29) is 5.92 Å². The highest BCUT2D eigenvalue weighted by Gasteiger charge is 2.61. The third kappa shape index (κ3) is 4.58. The minimum atomic E-state index is 0.167. The van der Waals surface area contributed by atoms with Crippen LogP contribution >= 0.6 is 0 Å². The second-order valence-electron chi connectivity index (χ2n) is 14.5. The van der Waals surface area contributed by atoms with Crippen LogP contribution in [0.1, 0.15) is 111 Å². The highest BCUT2D eigenvalue weighted by molar-refractivity contribution is 5.82. The monoisotopic (exact) mass is 492 g/mol. The van der Waals surface area contributed by atoms with Crippen LogP contribution in [0.4, 0.5) is 0 Å². The Morgan fingerprint density at radius 1 is 0.861 bits per heavy atom. The van der Waals surface area contributed by atoms with E-state index in [9.17, 15) is 9.90 Å². The van der Waals surface area contributed by atoms with Crippen molar-refractivity contribution < 1.29 is 9.90 Å². The molecule has 9 atom stereocenters. The first-order valence-electron chi connectivity index (χ1n) is 15.4. The lowest BCUT2D eigenvalue weighted by atomic mass is 9.43. The van der Waals surface area contributed by atoms with Gasteiger partial charge in [0.05, 0.1) is 0 Å². The summed E-state index contributed by atoms with van der Waals surface area (Å²) in [5.41, 5.74) is 2.07. The van der Waals surface area contributed by atoms with Crippen molar-refractivity contribution in [2.75, 3.05) is 0 Å². The molecule has 4 fully saturated rings. The number of aromatic hydroxyl groups is 1. The number of carbonyl (C=O) groups is 1. The van der Waals surface area contributed by atoms with Crippen molar-refractivity contribution in [2.45, 2.75) is 112 Å². The zero-order valence-electron chi connectivity index (χ0n) is 23.8. The molecular weight excluding hydrogens is 440 g/mol. The van der Waals surface area contributed by atoms with Gasteiger partial charge in [0.15, 0.2) is 0 Å².